The van der Waals surface area contributed by atoms with E-state index < -0.39 is 22.3 Å². The Hall–Kier alpha value is -2.11. The Labute approximate surface area is 173 Å². The lowest BCUT2D eigenvalue weighted by Crippen LogP contribution is -2.21. The number of methoxy groups -OCH3 is 2. The molecule has 11 heteroatoms. The quantitative estimate of drug-likeness (QED) is 0.250. The maximum absolute atomic E-state index is 12.5. The second-order valence-electron chi connectivity index (χ2n) is 6.76. The monoisotopic (exact) mass is 436 g/mol. The number of carbonyl (C=O) groups excluding carboxylic acids is 2. The predicted molar refractivity (Wildman–Crippen MR) is 107 cm³/mol. The van der Waals surface area contributed by atoms with Crippen LogP contribution in [-0.2, 0) is 37.8 Å². The Morgan fingerprint density at radius 3 is 1.28 bits per heavy atom. The molecular weight excluding hydrogens is 404 g/mol. The molecule has 0 aliphatic heterocycles. The molecule has 10 nitrogen and oxygen atoms in total. The summed E-state index contributed by atoms with van der Waals surface area (Å²) in [5.41, 5.74) is 0.00933. The van der Waals surface area contributed by atoms with E-state index in [-0.39, 0.29) is 35.5 Å². The third-order valence-electron chi connectivity index (χ3n) is 3.80. The van der Waals surface area contributed by atoms with Crippen LogP contribution < -0.4 is 0 Å². The van der Waals surface area contributed by atoms with Gasteiger partial charge < -0.3 is 27.6 Å². The van der Waals surface area contributed by atoms with Crippen molar-refractivity contribution in [3.05, 3.63) is 22.7 Å². The molecule has 0 unspecified atom stereocenters. The molecule has 0 spiro atoms. The Morgan fingerprint density at radius 1 is 0.724 bits per heavy atom. The average molecular weight is 437 g/mol. The van der Waals surface area contributed by atoms with Crippen molar-refractivity contribution < 1.29 is 35.8 Å². The highest BCUT2D eigenvalue weighted by Gasteiger charge is 2.25. The van der Waals surface area contributed by atoms with Crippen LogP contribution in [0, 0.1) is 0 Å². The zero-order chi connectivity index (χ0) is 22.8. The summed E-state index contributed by atoms with van der Waals surface area (Å²) in [5.74, 6) is -1.65. The van der Waals surface area contributed by atoms with Crippen LogP contribution in [0.3, 0.4) is 0 Å². The van der Waals surface area contributed by atoms with E-state index in [9.17, 15) is 18.0 Å². The Bertz CT molecular complexity index is 683. The minimum atomic E-state index is -4.62. The molecule has 0 saturated heterocycles. The first kappa shape index (κ1) is 26.9. The summed E-state index contributed by atoms with van der Waals surface area (Å²) in [6.07, 6.45) is 0.256. The zero-order valence-electron chi connectivity index (χ0n) is 18.4. The van der Waals surface area contributed by atoms with Crippen LogP contribution in [0.4, 0.5) is 0 Å². The van der Waals surface area contributed by atoms with E-state index in [2.05, 4.69) is 9.47 Å². The smallest absolute Gasteiger partial charge is 0.466 e. The van der Waals surface area contributed by atoms with Crippen molar-refractivity contribution in [1.29, 1.82) is 0 Å². The van der Waals surface area contributed by atoms with Gasteiger partial charge in [0.15, 0.2) is 0 Å². The molecule has 0 saturated carbocycles. The van der Waals surface area contributed by atoms with Gasteiger partial charge in [-0.05, 0) is 42.0 Å². The molecule has 0 amide bonds. The molecule has 0 aliphatic carbocycles. The third kappa shape index (κ3) is 10.3. The van der Waals surface area contributed by atoms with Crippen LogP contribution in [0.1, 0.15) is 26.7 Å². The van der Waals surface area contributed by atoms with Gasteiger partial charge in [0.25, 0.3) is 0 Å². The van der Waals surface area contributed by atoms with Gasteiger partial charge in [0.1, 0.15) is 11.5 Å². The van der Waals surface area contributed by atoms with Gasteiger partial charge >= 0.3 is 22.3 Å². The molecule has 168 valence electrons. The van der Waals surface area contributed by atoms with E-state index in [1.807, 2.05) is 0 Å². The lowest BCUT2D eigenvalue weighted by Gasteiger charge is -2.18. The van der Waals surface area contributed by atoms with Crippen molar-refractivity contribution >= 4 is 22.3 Å². The van der Waals surface area contributed by atoms with Gasteiger partial charge in [0, 0.05) is 25.9 Å². The first-order valence-electron chi connectivity index (χ1n) is 8.84. The van der Waals surface area contributed by atoms with E-state index in [1.54, 1.807) is 38.0 Å². The topological polar surface area (TPSA) is 112 Å². The van der Waals surface area contributed by atoms with E-state index in [4.69, 9.17) is 8.37 Å². The second kappa shape index (κ2) is 12.5. The lowest BCUT2D eigenvalue weighted by atomic mass is 10.2. The summed E-state index contributed by atoms with van der Waals surface area (Å²) in [6.45, 7) is 3.64. The largest absolute Gasteiger partial charge is 0.500 e. The molecule has 0 aromatic heterocycles. The van der Waals surface area contributed by atoms with Crippen molar-refractivity contribution in [3.8, 4) is 0 Å². The molecule has 0 aromatic rings. The molecule has 0 aliphatic rings. The van der Waals surface area contributed by atoms with Gasteiger partial charge in [-0.3, -0.25) is 0 Å². The number of hydrogen-bond donors (Lipinski definition) is 0. The van der Waals surface area contributed by atoms with E-state index >= 15 is 0 Å². The highest BCUT2D eigenvalue weighted by molar-refractivity contribution is 7.82. The van der Waals surface area contributed by atoms with Crippen molar-refractivity contribution in [1.82, 2.24) is 9.80 Å². The normalized spacial score (nSPS) is 13.6. The third-order valence-corrected chi connectivity index (χ3v) is 4.61. The summed E-state index contributed by atoms with van der Waals surface area (Å²) in [7, 11) is 4.91. The van der Waals surface area contributed by atoms with Crippen molar-refractivity contribution in [2.45, 2.75) is 26.7 Å². The summed E-state index contributed by atoms with van der Waals surface area (Å²) in [6, 6.07) is 0. The van der Waals surface area contributed by atoms with Gasteiger partial charge in [-0.1, -0.05) is 0 Å². The predicted octanol–water partition coefficient (Wildman–Crippen LogP) is 1.06. The lowest BCUT2D eigenvalue weighted by molar-refractivity contribution is -0.137. The Morgan fingerprint density at radius 2 is 1.03 bits per heavy atom. The fourth-order valence-electron chi connectivity index (χ4n) is 2.03. The zero-order valence-corrected chi connectivity index (χ0v) is 19.2. The van der Waals surface area contributed by atoms with Gasteiger partial charge in [-0.15, -0.1) is 8.42 Å². The minimum Gasteiger partial charge on any atom is -0.466 e. The molecule has 0 atom stereocenters. The average Bonchev–Trinajstić information content (AvgIpc) is 2.65. The summed E-state index contributed by atoms with van der Waals surface area (Å²) < 4.78 is 44.5. The number of esters is 2. The van der Waals surface area contributed by atoms with E-state index in [0.717, 1.165) is 0 Å². The minimum absolute atomic E-state index is 0.00466. The molecule has 0 N–H and O–H groups in total. The first-order valence-corrected chi connectivity index (χ1v) is 10.2. The highest BCUT2D eigenvalue weighted by atomic mass is 32.3. The van der Waals surface area contributed by atoms with Crippen LogP contribution >= 0.6 is 0 Å². The molecule has 0 heterocycles. The Kier molecular flexibility index (Phi) is 11.5. The van der Waals surface area contributed by atoms with Crippen molar-refractivity contribution in [2.24, 2.45) is 0 Å². The van der Waals surface area contributed by atoms with Crippen LogP contribution in [0.15, 0.2) is 22.7 Å². The number of carbonyl (C=O) groups is 2. The molecule has 0 radical (unpaired) electrons. The van der Waals surface area contributed by atoms with Crippen molar-refractivity contribution in [2.75, 3.05) is 55.5 Å². The first-order chi connectivity index (χ1) is 13.3. The van der Waals surface area contributed by atoms with Crippen LogP contribution in [-0.4, -0.2) is 85.7 Å². The molecule has 29 heavy (non-hydrogen) atoms. The summed E-state index contributed by atoms with van der Waals surface area (Å²) in [5, 5.41) is 0. The number of rotatable bonds is 12. The fraction of sp³-hybridized carbons (Fsp3) is 0.667. The van der Waals surface area contributed by atoms with Gasteiger partial charge in [0.05, 0.1) is 25.4 Å². The van der Waals surface area contributed by atoms with E-state index in [0.29, 0.717) is 13.1 Å². The van der Waals surface area contributed by atoms with Gasteiger partial charge in [-0.2, -0.15) is 0 Å². The van der Waals surface area contributed by atoms with Gasteiger partial charge in [0.2, 0.25) is 0 Å². The molecule has 0 bridgehead atoms. The summed E-state index contributed by atoms with van der Waals surface area (Å²) >= 11 is 0. The SMILES string of the molecule is COC(=O)C(C)=C(CCN(C)C)OS(=O)(=O)OC(CCN(C)C)=C(C)C(=O)OC. The van der Waals surface area contributed by atoms with Crippen LogP contribution in [0.2, 0.25) is 0 Å². The molecular formula is C18H32N2O8S. The number of ether oxygens (including phenoxy) is 2. The molecule has 0 aromatic carbocycles. The molecule has 0 fully saturated rings. The maximum atomic E-state index is 12.5. The number of nitrogens with zero attached hydrogens (tertiary/aromatic N) is 2. The van der Waals surface area contributed by atoms with E-state index in [1.165, 1.54) is 28.1 Å². The maximum Gasteiger partial charge on any atom is 0.500 e. The van der Waals surface area contributed by atoms with Crippen LogP contribution in [0.5, 0.6) is 0 Å². The van der Waals surface area contributed by atoms with Crippen molar-refractivity contribution in [3.63, 3.8) is 0 Å². The number of hydrogen-bond acceptors (Lipinski definition) is 10. The highest BCUT2D eigenvalue weighted by Crippen LogP contribution is 2.21. The molecule has 0 rings (SSSR count). The summed E-state index contributed by atoms with van der Waals surface area (Å²) in [4.78, 5) is 27.3. The fourth-order valence-corrected chi connectivity index (χ4v) is 2.97. The van der Waals surface area contributed by atoms with Gasteiger partial charge in [-0.25, -0.2) is 9.59 Å². The Balaban J connectivity index is 5.82. The standard InChI is InChI=1S/C18H32N2O8S/c1-13(17(21)25-7)15(9-11-19(3)4)27-29(23,24)28-16(10-12-20(5)6)14(2)18(22)26-8/h9-12H2,1-8H3. The van der Waals surface area contributed by atoms with Crippen LogP contribution in [0.25, 0.3) is 0 Å². The second-order valence-corrected chi connectivity index (χ2v) is 7.91.